The molecule has 1 heterocycles. The zero-order chi connectivity index (χ0) is 21.0. The molecule has 1 saturated heterocycles. The molecule has 0 spiro atoms. The number of hydrogen-bond acceptors (Lipinski definition) is 6. The van der Waals surface area contributed by atoms with Gasteiger partial charge in [0.05, 0.1) is 34.4 Å². The highest BCUT2D eigenvalue weighted by Gasteiger charge is 2.40. The third kappa shape index (κ3) is 5.95. The van der Waals surface area contributed by atoms with Crippen molar-refractivity contribution in [3.05, 3.63) is 58.6 Å². The van der Waals surface area contributed by atoms with E-state index < -0.39 is 33.6 Å². The topological polar surface area (TPSA) is 86.7 Å². The summed E-state index contributed by atoms with van der Waals surface area (Å²) in [5.41, 5.74) is 0. The number of hydrogen-bond donors (Lipinski definition) is 0. The van der Waals surface area contributed by atoms with Crippen LogP contribution in [0.5, 0.6) is 11.5 Å². The number of rotatable bonds is 6. The second kappa shape index (κ2) is 9.15. The minimum atomic E-state index is -3.37. The lowest BCUT2D eigenvalue weighted by Gasteiger charge is -2.17. The molecule has 2 aromatic rings. The molecule has 29 heavy (non-hydrogen) atoms. The monoisotopic (exact) mass is 456 g/mol. The molecular weight excluding hydrogens is 439 g/mol. The summed E-state index contributed by atoms with van der Waals surface area (Å²) in [7, 11) is -3.37. The fourth-order valence-electron chi connectivity index (χ4n) is 3.26. The molecule has 0 N–H and O–H groups in total. The van der Waals surface area contributed by atoms with E-state index in [1.807, 2.05) is 0 Å². The summed E-state index contributed by atoms with van der Waals surface area (Å²) in [6.07, 6.45) is -0.289. The van der Waals surface area contributed by atoms with E-state index in [-0.39, 0.29) is 45.9 Å². The van der Waals surface area contributed by atoms with Crippen molar-refractivity contribution in [1.82, 2.24) is 0 Å². The van der Waals surface area contributed by atoms with Crippen LogP contribution in [0, 0.1) is 11.8 Å². The number of ether oxygens (including phenoxy) is 2. The van der Waals surface area contributed by atoms with Gasteiger partial charge in [0.1, 0.15) is 11.5 Å². The molecule has 3 rings (SSSR count). The van der Waals surface area contributed by atoms with E-state index in [4.69, 9.17) is 32.7 Å². The standard InChI is InChI=1S/C20H18Cl2O6S/c21-15-5-1-3-7-17(15)27-19(23)9-13-11-29(25,26)12-14(13)10-20(24)28-18-8-4-2-6-16(18)22/h1-8,13-14H,9-12H2. The van der Waals surface area contributed by atoms with Gasteiger partial charge in [-0.25, -0.2) is 8.42 Å². The predicted molar refractivity (Wildman–Crippen MR) is 109 cm³/mol. The zero-order valence-electron chi connectivity index (χ0n) is 15.2. The molecule has 1 fully saturated rings. The van der Waals surface area contributed by atoms with E-state index in [1.54, 1.807) is 48.5 Å². The molecule has 0 radical (unpaired) electrons. The van der Waals surface area contributed by atoms with Crippen molar-refractivity contribution in [1.29, 1.82) is 0 Å². The average Bonchev–Trinajstić information content (AvgIpc) is 2.92. The van der Waals surface area contributed by atoms with Gasteiger partial charge in [-0.05, 0) is 36.1 Å². The van der Waals surface area contributed by atoms with Gasteiger partial charge in [-0.3, -0.25) is 9.59 Å². The lowest BCUT2D eigenvalue weighted by Crippen LogP contribution is -2.23. The van der Waals surface area contributed by atoms with Gasteiger partial charge in [0, 0.05) is 0 Å². The van der Waals surface area contributed by atoms with Crippen LogP contribution in [0.2, 0.25) is 10.0 Å². The summed E-state index contributed by atoms with van der Waals surface area (Å²) in [4.78, 5) is 24.6. The molecular formula is C20H18Cl2O6S. The van der Waals surface area contributed by atoms with Gasteiger partial charge in [-0.2, -0.15) is 0 Å². The molecule has 2 atom stereocenters. The Morgan fingerprint density at radius 1 is 0.793 bits per heavy atom. The summed E-state index contributed by atoms with van der Waals surface area (Å²) in [6.45, 7) is 0. The highest BCUT2D eigenvalue weighted by atomic mass is 35.5. The maximum atomic E-state index is 12.3. The normalized spacial score (nSPS) is 20.2. The van der Waals surface area contributed by atoms with Gasteiger partial charge in [0.25, 0.3) is 0 Å². The maximum absolute atomic E-state index is 12.3. The summed E-state index contributed by atoms with van der Waals surface area (Å²) in [5, 5.41) is 0.555. The number of carbonyl (C=O) groups is 2. The smallest absolute Gasteiger partial charge is 0.311 e. The molecule has 0 bridgehead atoms. The van der Waals surface area contributed by atoms with Crippen molar-refractivity contribution < 1.29 is 27.5 Å². The summed E-state index contributed by atoms with van der Waals surface area (Å²) in [6, 6.07) is 13.0. The van der Waals surface area contributed by atoms with Crippen molar-refractivity contribution >= 4 is 45.0 Å². The molecule has 6 nitrogen and oxygen atoms in total. The van der Waals surface area contributed by atoms with E-state index in [2.05, 4.69) is 0 Å². The van der Waals surface area contributed by atoms with Crippen LogP contribution in [-0.2, 0) is 19.4 Å². The Balaban J connectivity index is 1.64. The molecule has 1 aliphatic heterocycles. The first kappa shape index (κ1) is 21.6. The van der Waals surface area contributed by atoms with Crippen LogP contribution in [0.15, 0.2) is 48.5 Å². The molecule has 0 aromatic heterocycles. The number of sulfone groups is 1. The summed E-state index contributed by atoms with van der Waals surface area (Å²) < 4.78 is 34.7. The number of benzene rings is 2. The van der Waals surface area contributed by atoms with E-state index in [1.165, 1.54) is 0 Å². The van der Waals surface area contributed by atoms with Gasteiger partial charge in [0.15, 0.2) is 9.84 Å². The first-order chi connectivity index (χ1) is 13.7. The minimum absolute atomic E-state index is 0.144. The molecule has 0 amide bonds. The molecule has 2 aromatic carbocycles. The van der Waals surface area contributed by atoms with Crippen LogP contribution in [0.25, 0.3) is 0 Å². The number of esters is 2. The van der Waals surface area contributed by atoms with E-state index in [0.29, 0.717) is 0 Å². The molecule has 154 valence electrons. The van der Waals surface area contributed by atoms with Gasteiger partial charge in [-0.1, -0.05) is 47.5 Å². The molecule has 2 unspecified atom stereocenters. The maximum Gasteiger partial charge on any atom is 0.311 e. The molecule has 0 aliphatic carbocycles. The number of carbonyl (C=O) groups excluding carboxylic acids is 2. The SMILES string of the molecule is O=C(CC1CS(=O)(=O)CC1CC(=O)Oc1ccccc1Cl)Oc1ccccc1Cl. The number of para-hydroxylation sites is 2. The van der Waals surface area contributed by atoms with Crippen LogP contribution in [0.4, 0.5) is 0 Å². The Morgan fingerprint density at radius 3 is 1.55 bits per heavy atom. The quantitative estimate of drug-likeness (QED) is 0.483. The molecule has 9 heteroatoms. The molecule has 1 aliphatic rings. The van der Waals surface area contributed by atoms with E-state index >= 15 is 0 Å². The van der Waals surface area contributed by atoms with Crippen molar-refractivity contribution in [3.63, 3.8) is 0 Å². The second-order valence-electron chi connectivity index (χ2n) is 6.81. The number of halogens is 2. The largest absolute Gasteiger partial charge is 0.425 e. The van der Waals surface area contributed by atoms with Gasteiger partial charge in [-0.15, -0.1) is 0 Å². The van der Waals surface area contributed by atoms with Crippen LogP contribution in [0.3, 0.4) is 0 Å². The van der Waals surface area contributed by atoms with Crippen molar-refractivity contribution in [3.8, 4) is 11.5 Å². The summed E-state index contributed by atoms with van der Waals surface area (Å²) >= 11 is 11.9. The predicted octanol–water partition coefficient (Wildman–Crippen LogP) is 3.95. The van der Waals surface area contributed by atoms with E-state index in [0.717, 1.165) is 0 Å². The fraction of sp³-hybridized carbons (Fsp3) is 0.300. The Bertz CT molecular complexity index is 946. The first-order valence-electron chi connectivity index (χ1n) is 8.84. The summed E-state index contributed by atoms with van der Waals surface area (Å²) in [5.74, 6) is -2.27. The highest BCUT2D eigenvalue weighted by molar-refractivity contribution is 7.91. The van der Waals surface area contributed by atoms with Crippen molar-refractivity contribution in [2.75, 3.05) is 11.5 Å². The zero-order valence-corrected chi connectivity index (χ0v) is 17.5. The van der Waals surface area contributed by atoms with E-state index in [9.17, 15) is 18.0 Å². The fourth-order valence-corrected chi connectivity index (χ4v) is 5.82. The van der Waals surface area contributed by atoms with Crippen molar-refractivity contribution in [2.45, 2.75) is 12.8 Å². The lowest BCUT2D eigenvalue weighted by molar-refractivity contribution is -0.138. The average molecular weight is 457 g/mol. The van der Waals surface area contributed by atoms with Gasteiger partial charge in [0.2, 0.25) is 0 Å². The first-order valence-corrected chi connectivity index (χ1v) is 11.4. The lowest BCUT2D eigenvalue weighted by atomic mass is 9.90. The minimum Gasteiger partial charge on any atom is -0.425 e. The third-order valence-corrected chi connectivity index (χ3v) is 7.08. The Morgan fingerprint density at radius 2 is 1.17 bits per heavy atom. The molecule has 0 saturated carbocycles. The highest BCUT2D eigenvalue weighted by Crippen LogP contribution is 2.33. The Hall–Kier alpha value is -2.09. The van der Waals surface area contributed by atoms with Crippen LogP contribution in [-0.4, -0.2) is 31.9 Å². The third-order valence-electron chi connectivity index (χ3n) is 4.58. The van der Waals surface area contributed by atoms with Crippen LogP contribution >= 0.6 is 23.2 Å². The van der Waals surface area contributed by atoms with Crippen LogP contribution < -0.4 is 9.47 Å². The second-order valence-corrected chi connectivity index (χ2v) is 9.78. The Kier molecular flexibility index (Phi) is 6.82. The van der Waals surface area contributed by atoms with Gasteiger partial charge < -0.3 is 9.47 Å². The van der Waals surface area contributed by atoms with Crippen LogP contribution in [0.1, 0.15) is 12.8 Å². The Labute approximate surface area is 178 Å². The van der Waals surface area contributed by atoms with Crippen molar-refractivity contribution in [2.24, 2.45) is 11.8 Å². The van der Waals surface area contributed by atoms with Gasteiger partial charge >= 0.3 is 11.9 Å².